The Balaban J connectivity index is 1.81. The highest BCUT2D eigenvalue weighted by Gasteiger charge is 2.33. The van der Waals surface area contributed by atoms with E-state index in [4.69, 9.17) is 0 Å². The van der Waals surface area contributed by atoms with Gasteiger partial charge >= 0.3 is 0 Å². The number of hydrogen-bond donors (Lipinski definition) is 2. The Morgan fingerprint density at radius 3 is 2.35 bits per heavy atom. The number of hydrogen-bond acceptors (Lipinski definition) is 3. The number of nitrogens with one attached hydrogen (secondary N) is 1. The average molecular weight is 282 g/mol. The van der Waals surface area contributed by atoms with Gasteiger partial charge in [-0.05, 0) is 44.4 Å². The van der Waals surface area contributed by atoms with E-state index in [0.717, 1.165) is 57.5 Å². The van der Waals surface area contributed by atoms with Gasteiger partial charge in [-0.2, -0.15) is 0 Å². The maximum atomic E-state index is 12.3. The van der Waals surface area contributed by atoms with Crippen LogP contribution in [0, 0.1) is 5.92 Å². The molecule has 2 fully saturated rings. The van der Waals surface area contributed by atoms with Gasteiger partial charge in [-0.3, -0.25) is 4.79 Å². The fourth-order valence-corrected chi connectivity index (χ4v) is 3.40. The predicted molar refractivity (Wildman–Crippen MR) is 80.5 cm³/mol. The Morgan fingerprint density at radius 1 is 1.20 bits per heavy atom. The zero-order valence-corrected chi connectivity index (χ0v) is 12.9. The van der Waals surface area contributed by atoms with Crippen molar-refractivity contribution in [3.8, 4) is 0 Å². The van der Waals surface area contributed by atoms with Crippen LogP contribution in [0.5, 0.6) is 0 Å². The maximum Gasteiger partial charge on any atom is 0.236 e. The van der Waals surface area contributed by atoms with E-state index in [-0.39, 0.29) is 18.1 Å². The molecule has 116 valence electrons. The molecule has 4 nitrogen and oxygen atoms in total. The molecule has 0 unspecified atom stereocenters. The molecule has 1 aliphatic heterocycles. The second-order valence-corrected chi connectivity index (χ2v) is 6.77. The summed E-state index contributed by atoms with van der Waals surface area (Å²) in [5.41, 5.74) is -0.214. The van der Waals surface area contributed by atoms with Gasteiger partial charge in [-0.1, -0.05) is 19.8 Å². The molecule has 0 aromatic carbocycles. The molecule has 1 aliphatic carbocycles. The molecule has 2 aliphatic rings. The molecular formula is C16H30N2O2. The summed E-state index contributed by atoms with van der Waals surface area (Å²) in [6.45, 7) is 4.61. The van der Waals surface area contributed by atoms with Crippen molar-refractivity contribution in [2.45, 2.75) is 63.8 Å². The van der Waals surface area contributed by atoms with Crippen molar-refractivity contribution < 1.29 is 9.90 Å². The standard InChI is InChI=1S/C16H30N2O2/c1-14-6-8-16(13-19,9-7-14)17-12-15(20)18-10-4-2-3-5-11-18/h14,17,19H,2-13H2,1H3. The average Bonchev–Trinajstić information content (AvgIpc) is 2.76. The van der Waals surface area contributed by atoms with Crippen LogP contribution in [0.25, 0.3) is 0 Å². The van der Waals surface area contributed by atoms with Crippen LogP contribution in [0.4, 0.5) is 0 Å². The molecule has 4 heteroatoms. The summed E-state index contributed by atoms with van der Waals surface area (Å²) < 4.78 is 0. The van der Waals surface area contributed by atoms with Crippen molar-refractivity contribution in [1.82, 2.24) is 10.2 Å². The maximum absolute atomic E-state index is 12.3. The van der Waals surface area contributed by atoms with E-state index in [1.807, 2.05) is 4.90 Å². The first kappa shape index (κ1) is 15.8. The zero-order valence-electron chi connectivity index (χ0n) is 12.9. The molecule has 0 aromatic rings. The highest BCUT2D eigenvalue weighted by molar-refractivity contribution is 5.78. The molecule has 1 saturated carbocycles. The van der Waals surface area contributed by atoms with Gasteiger partial charge < -0.3 is 15.3 Å². The molecule has 1 saturated heterocycles. The van der Waals surface area contributed by atoms with Crippen molar-refractivity contribution in [2.24, 2.45) is 5.92 Å². The number of nitrogens with zero attached hydrogens (tertiary/aromatic N) is 1. The van der Waals surface area contributed by atoms with E-state index in [0.29, 0.717) is 6.54 Å². The van der Waals surface area contributed by atoms with Crippen LogP contribution in [-0.2, 0) is 4.79 Å². The van der Waals surface area contributed by atoms with E-state index >= 15 is 0 Å². The van der Waals surface area contributed by atoms with Gasteiger partial charge in [0.25, 0.3) is 0 Å². The number of carbonyl (C=O) groups is 1. The lowest BCUT2D eigenvalue weighted by Gasteiger charge is -2.39. The molecule has 20 heavy (non-hydrogen) atoms. The first-order valence-corrected chi connectivity index (χ1v) is 8.29. The molecular weight excluding hydrogens is 252 g/mol. The van der Waals surface area contributed by atoms with Crippen molar-refractivity contribution in [3.05, 3.63) is 0 Å². The van der Waals surface area contributed by atoms with Crippen LogP contribution >= 0.6 is 0 Å². The Morgan fingerprint density at radius 2 is 1.80 bits per heavy atom. The van der Waals surface area contributed by atoms with Crippen LogP contribution in [0.15, 0.2) is 0 Å². The normalized spacial score (nSPS) is 31.9. The first-order chi connectivity index (χ1) is 9.65. The van der Waals surface area contributed by atoms with E-state index in [2.05, 4.69) is 12.2 Å². The number of rotatable bonds is 4. The third-order valence-electron chi connectivity index (χ3n) is 5.11. The largest absolute Gasteiger partial charge is 0.394 e. The second kappa shape index (κ2) is 7.41. The molecule has 2 N–H and O–H groups in total. The van der Waals surface area contributed by atoms with Crippen LogP contribution < -0.4 is 5.32 Å². The summed E-state index contributed by atoms with van der Waals surface area (Å²) in [5, 5.41) is 13.1. The first-order valence-electron chi connectivity index (χ1n) is 8.29. The lowest BCUT2D eigenvalue weighted by molar-refractivity contribution is -0.130. The monoisotopic (exact) mass is 282 g/mol. The smallest absolute Gasteiger partial charge is 0.236 e. The van der Waals surface area contributed by atoms with Gasteiger partial charge in [-0.25, -0.2) is 0 Å². The van der Waals surface area contributed by atoms with Gasteiger partial charge in [0.2, 0.25) is 5.91 Å². The number of aliphatic hydroxyl groups excluding tert-OH is 1. The SMILES string of the molecule is CC1CCC(CO)(NCC(=O)N2CCCCCC2)CC1. The zero-order chi connectivity index (χ0) is 14.4. The minimum atomic E-state index is -0.214. The van der Waals surface area contributed by atoms with Crippen molar-refractivity contribution in [3.63, 3.8) is 0 Å². The summed E-state index contributed by atoms with van der Waals surface area (Å²) in [6, 6.07) is 0. The van der Waals surface area contributed by atoms with Crippen molar-refractivity contribution in [2.75, 3.05) is 26.2 Å². The Labute approximate surface area is 122 Å². The van der Waals surface area contributed by atoms with Crippen LogP contribution in [0.3, 0.4) is 0 Å². The van der Waals surface area contributed by atoms with E-state index < -0.39 is 0 Å². The topological polar surface area (TPSA) is 52.6 Å². The summed E-state index contributed by atoms with van der Waals surface area (Å²) in [6.07, 6.45) is 9.01. The molecule has 0 bridgehead atoms. The predicted octanol–water partition coefficient (Wildman–Crippen LogP) is 1.92. The Hall–Kier alpha value is -0.610. The molecule has 1 heterocycles. The quantitative estimate of drug-likeness (QED) is 0.828. The summed E-state index contributed by atoms with van der Waals surface area (Å²) in [7, 11) is 0. The fraction of sp³-hybridized carbons (Fsp3) is 0.938. The highest BCUT2D eigenvalue weighted by atomic mass is 16.3. The Bertz CT molecular complexity index is 304. The Kier molecular flexibility index (Phi) is 5.85. The van der Waals surface area contributed by atoms with Crippen molar-refractivity contribution >= 4 is 5.91 Å². The third-order valence-corrected chi connectivity index (χ3v) is 5.11. The number of carbonyl (C=O) groups excluding carboxylic acids is 1. The number of likely N-dealkylation sites (tertiary alicyclic amines) is 1. The summed E-state index contributed by atoms with van der Waals surface area (Å²) in [5.74, 6) is 0.955. The van der Waals surface area contributed by atoms with Crippen molar-refractivity contribution in [1.29, 1.82) is 0 Å². The second-order valence-electron chi connectivity index (χ2n) is 6.77. The molecule has 0 aromatic heterocycles. The highest BCUT2D eigenvalue weighted by Crippen LogP contribution is 2.31. The van der Waals surface area contributed by atoms with E-state index in [9.17, 15) is 9.90 Å². The lowest BCUT2D eigenvalue weighted by Crippen LogP contribution is -2.54. The van der Waals surface area contributed by atoms with Gasteiger partial charge in [0.1, 0.15) is 0 Å². The lowest BCUT2D eigenvalue weighted by atomic mass is 9.77. The summed E-state index contributed by atoms with van der Waals surface area (Å²) >= 11 is 0. The number of aliphatic hydroxyl groups is 1. The molecule has 0 radical (unpaired) electrons. The van der Waals surface area contributed by atoms with E-state index in [1.54, 1.807) is 0 Å². The summed E-state index contributed by atoms with van der Waals surface area (Å²) in [4.78, 5) is 14.3. The van der Waals surface area contributed by atoms with Gasteiger partial charge in [-0.15, -0.1) is 0 Å². The van der Waals surface area contributed by atoms with Crippen LogP contribution in [0.1, 0.15) is 58.3 Å². The van der Waals surface area contributed by atoms with Gasteiger partial charge in [0, 0.05) is 18.6 Å². The molecule has 2 rings (SSSR count). The van der Waals surface area contributed by atoms with Gasteiger partial charge in [0.05, 0.1) is 13.2 Å². The van der Waals surface area contributed by atoms with E-state index in [1.165, 1.54) is 12.8 Å². The van der Waals surface area contributed by atoms with Crippen LogP contribution in [-0.4, -0.2) is 47.7 Å². The molecule has 1 amide bonds. The minimum absolute atomic E-state index is 0.146. The molecule has 0 atom stereocenters. The van der Waals surface area contributed by atoms with Gasteiger partial charge in [0.15, 0.2) is 0 Å². The molecule has 0 spiro atoms. The fourth-order valence-electron chi connectivity index (χ4n) is 3.40. The minimum Gasteiger partial charge on any atom is -0.394 e. The van der Waals surface area contributed by atoms with Crippen LogP contribution in [0.2, 0.25) is 0 Å². The number of amides is 1. The third kappa shape index (κ3) is 4.19.